The zero-order valence-electron chi connectivity index (χ0n) is 17.5. The van der Waals surface area contributed by atoms with Crippen LogP contribution in [0.25, 0.3) is 0 Å². The van der Waals surface area contributed by atoms with Crippen molar-refractivity contribution in [1.82, 2.24) is 15.0 Å². The zero-order valence-corrected chi connectivity index (χ0v) is 19.1. The first-order valence-electron chi connectivity index (χ1n) is 9.21. The van der Waals surface area contributed by atoms with E-state index in [1.54, 1.807) is 24.5 Å². The Kier molecular flexibility index (Phi) is 10.4. The molecule has 0 fully saturated rings. The number of hydrogen-bond donors (Lipinski definition) is 4. The molecule has 3 aromatic heterocycles. The van der Waals surface area contributed by atoms with E-state index in [4.69, 9.17) is 15.9 Å². The predicted molar refractivity (Wildman–Crippen MR) is 112 cm³/mol. The summed E-state index contributed by atoms with van der Waals surface area (Å²) >= 11 is 1.65. The molecule has 0 radical (unpaired) electrons. The van der Waals surface area contributed by atoms with Gasteiger partial charge in [-0.1, -0.05) is 11.3 Å². The molecule has 0 bridgehead atoms. The highest BCUT2D eigenvalue weighted by molar-refractivity contribution is 7.09. The molecule has 3 rings (SSSR count). The number of pyridine rings is 1. The van der Waals surface area contributed by atoms with Crippen molar-refractivity contribution in [1.29, 1.82) is 0 Å². The van der Waals surface area contributed by atoms with Crippen molar-refractivity contribution in [3.63, 3.8) is 0 Å². The second-order valence-electron chi connectivity index (χ2n) is 6.57. The van der Waals surface area contributed by atoms with Gasteiger partial charge < -0.3 is 33.5 Å². The van der Waals surface area contributed by atoms with E-state index in [-0.39, 0.29) is 36.9 Å². The number of aliphatic hydroxyl groups excluding tert-OH is 2. The van der Waals surface area contributed by atoms with Gasteiger partial charge in [-0.05, 0) is 13.8 Å². The maximum atomic E-state index is 10.5. The van der Waals surface area contributed by atoms with Crippen molar-refractivity contribution < 1.29 is 37.1 Å². The second kappa shape index (κ2) is 12.3. The molecule has 3 heterocycles. The molecule has 3 aromatic rings. The third kappa shape index (κ3) is 6.66. The number of aliphatic hydroxyl groups is 2. The quantitative estimate of drug-likeness (QED) is 0.241. The van der Waals surface area contributed by atoms with Gasteiger partial charge in [0.15, 0.2) is 18.5 Å². The maximum Gasteiger partial charge on any atom is 0.225 e. The number of nitrogens with zero attached hydrogens (tertiary/aromatic N) is 4. The van der Waals surface area contributed by atoms with E-state index >= 15 is 0 Å². The van der Waals surface area contributed by atoms with E-state index in [1.807, 2.05) is 19.4 Å². The highest BCUT2D eigenvalue weighted by Gasteiger charge is 2.17. The van der Waals surface area contributed by atoms with Gasteiger partial charge in [0.25, 0.3) is 0 Å². The minimum atomic E-state index is -0.297. The van der Waals surface area contributed by atoms with Crippen molar-refractivity contribution in [2.45, 2.75) is 40.3 Å². The fourth-order valence-electron chi connectivity index (χ4n) is 2.68. The minimum Gasteiger partial charge on any atom is -1.00 e. The molecule has 9 nitrogen and oxygen atoms in total. The van der Waals surface area contributed by atoms with Crippen LogP contribution in [0.3, 0.4) is 0 Å². The molecule has 0 saturated heterocycles. The molecule has 0 unspecified atom stereocenters. The molecule has 0 amide bonds. The van der Waals surface area contributed by atoms with E-state index in [0.717, 1.165) is 11.3 Å². The van der Waals surface area contributed by atoms with Gasteiger partial charge in [0.1, 0.15) is 17.4 Å². The summed E-state index contributed by atoms with van der Waals surface area (Å²) in [6.45, 7) is 6.00. The van der Waals surface area contributed by atoms with Crippen LogP contribution in [0, 0.1) is 20.8 Å². The standard InChI is InChI=1S/C12H17N4OS.C8H9NO3.ClH/c1-8-11(3-4-17)18-7-16(8)6-10-5-14-9(2)15-12(10)13;1-5-8(12)7(4-11)6(3-10)2-9-5;/h5,7,17H,3-4,6H2,1-2H3,(H2,13,14,15);2,4,10,12H,3H2,1H3;1H/q+1;;/p-1. The Morgan fingerprint density at radius 1 is 1.16 bits per heavy atom. The Hall–Kier alpha value is -2.66. The van der Waals surface area contributed by atoms with Crippen LogP contribution in [0.5, 0.6) is 5.75 Å². The fourth-order valence-corrected chi connectivity index (χ4v) is 3.66. The number of rotatable bonds is 6. The number of thiazole rings is 1. The molecule has 0 atom stereocenters. The van der Waals surface area contributed by atoms with Gasteiger partial charge in [-0.3, -0.25) is 9.78 Å². The molecular weight excluding hydrogens is 442 g/mol. The van der Waals surface area contributed by atoms with Gasteiger partial charge >= 0.3 is 0 Å². The normalized spacial score (nSPS) is 10.1. The number of aryl methyl sites for hydroxylation is 2. The topological polar surface area (TPSA) is 146 Å². The number of hydrogen-bond acceptors (Lipinski definition) is 9. The van der Waals surface area contributed by atoms with Crippen molar-refractivity contribution in [2.75, 3.05) is 12.3 Å². The van der Waals surface area contributed by atoms with E-state index < -0.39 is 0 Å². The number of carbonyl (C=O) groups is 1. The third-order valence-electron chi connectivity index (χ3n) is 4.50. The summed E-state index contributed by atoms with van der Waals surface area (Å²) in [4.78, 5) is 23.8. The van der Waals surface area contributed by atoms with E-state index in [9.17, 15) is 9.90 Å². The molecule has 168 valence electrons. The highest BCUT2D eigenvalue weighted by atomic mass is 35.5. The molecule has 0 saturated carbocycles. The molecule has 5 N–H and O–H groups in total. The Morgan fingerprint density at radius 2 is 1.84 bits per heavy atom. The predicted octanol–water partition coefficient (Wildman–Crippen LogP) is -1.99. The largest absolute Gasteiger partial charge is 1.00 e. The third-order valence-corrected chi connectivity index (χ3v) is 5.64. The summed E-state index contributed by atoms with van der Waals surface area (Å²) < 4.78 is 2.11. The van der Waals surface area contributed by atoms with Crippen LogP contribution in [-0.2, 0) is 19.6 Å². The second-order valence-corrected chi connectivity index (χ2v) is 7.51. The highest BCUT2D eigenvalue weighted by Crippen LogP contribution is 2.21. The smallest absolute Gasteiger partial charge is 0.225 e. The lowest BCUT2D eigenvalue weighted by atomic mass is 10.1. The summed E-state index contributed by atoms with van der Waals surface area (Å²) in [5, 5.41) is 27.0. The lowest BCUT2D eigenvalue weighted by Gasteiger charge is -2.04. The summed E-state index contributed by atoms with van der Waals surface area (Å²) in [5.41, 5.74) is 10.8. The first kappa shape index (κ1) is 26.4. The number of nitrogens with two attached hydrogens (primary N) is 1. The van der Waals surface area contributed by atoms with Crippen LogP contribution in [-0.4, -0.2) is 43.2 Å². The average molecular weight is 468 g/mol. The fraction of sp³-hybridized carbons (Fsp3) is 0.350. The van der Waals surface area contributed by atoms with Gasteiger partial charge in [-0.25, -0.2) is 9.97 Å². The first-order chi connectivity index (χ1) is 14.3. The van der Waals surface area contributed by atoms with Gasteiger partial charge in [-0.15, -0.1) is 0 Å². The number of aldehydes is 1. The monoisotopic (exact) mass is 467 g/mol. The summed E-state index contributed by atoms with van der Waals surface area (Å²) in [6, 6.07) is 0. The summed E-state index contributed by atoms with van der Waals surface area (Å²) in [5.74, 6) is 1.06. The van der Waals surface area contributed by atoms with E-state index in [0.29, 0.717) is 42.2 Å². The van der Waals surface area contributed by atoms with Crippen molar-refractivity contribution in [2.24, 2.45) is 0 Å². The Bertz CT molecular complexity index is 1030. The van der Waals surface area contributed by atoms with Crippen LogP contribution < -0.4 is 22.7 Å². The van der Waals surface area contributed by atoms with Crippen LogP contribution in [0.1, 0.15) is 43.6 Å². The molecule has 0 aliphatic heterocycles. The van der Waals surface area contributed by atoms with Gasteiger partial charge in [-0.2, -0.15) is 4.57 Å². The molecule has 0 spiro atoms. The maximum absolute atomic E-state index is 10.5. The molecule has 0 aliphatic rings. The van der Waals surface area contributed by atoms with Gasteiger partial charge in [0.05, 0.1) is 28.3 Å². The average Bonchev–Trinajstić information content (AvgIpc) is 3.06. The molecule has 31 heavy (non-hydrogen) atoms. The Morgan fingerprint density at radius 3 is 2.42 bits per heavy atom. The van der Waals surface area contributed by atoms with Crippen LogP contribution in [0.4, 0.5) is 5.82 Å². The van der Waals surface area contributed by atoms with Crippen molar-refractivity contribution in [3.05, 3.63) is 56.7 Å². The van der Waals surface area contributed by atoms with E-state index in [1.165, 1.54) is 11.1 Å². The molecule has 0 aromatic carbocycles. The number of aromatic nitrogens is 4. The zero-order chi connectivity index (χ0) is 22.3. The van der Waals surface area contributed by atoms with Crippen LogP contribution in [0.2, 0.25) is 0 Å². The lowest BCUT2D eigenvalue weighted by molar-refractivity contribution is -0.689. The molecule has 0 aliphatic carbocycles. The van der Waals surface area contributed by atoms with Crippen LogP contribution >= 0.6 is 11.3 Å². The SMILES string of the molecule is Cc1ncc(CO)c(C=O)c1O.Cc1ncc(C[n+]2csc(CCO)c2C)c(N)n1.[Cl-]. The Balaban J connectivity index is 0.000000324. The van der Waals surface area contributed by atoms with Crippen LogP contribution in [0.15, 0.2) is 17.9 Å². The first-order valence-corrected chi connectivity index (χ1v) is 10.1. The number of nitrogen functional groups attached to an aromatic ring is 1. The summed E-state index contributed by atoms with van der Waals surface area (Å²) in [6.07, 6.45) is 4.35. The number of carbonyl (C=O) groups excluding carboxylic acids is 1. The van der Waals surface area contributed by atoms with Gasteiger partial charge in [0, 0.05) is 37.9 Å². The Labute approximate surface area is 190 Å². The van der Waals surface area contributed by atoms with Crippen molar-refractivity contribution in [3.8, 4) is 5.75 Å². The number of aromatic hydroxyl groups is 1. The molecular formula is C20H26ClN5O4S. The number of anilines is 1. The van der Waals surface area contributed by atoms with Gasteiger partial charge in [0.2, 0.25) is 5.51 Å². The summed E-state index contributed by atoms with van der Waals surface area (Å²) in [7, 11) is 0. The van der Waals surface area contributed by atoms with E-state index in [2.05, 4.69) is 19.5 Å². The minimum absolute atomic E-state index is 0. The lowest BCUT2D eigenvalue weighted by Crippen LogP contribution is -3.00. The van der Waals surface area contributed by atoms with Crippen molar-refractivity contribution >= 4 is 23.4 Å². The number of halogens is 1. The molecule has 11 heteroatoms.